The predicted molar refractivity (Wildman–Crippen MR) is 74.2 cm³/mol. The molecule has 4 nitrogen and oxygen atoms in total. The second kappa shape index (κ2) is 5.22. The van der Waals surface area contributed by atoms with Gasteiger partial charge in [0.05, 0.1) is 6.04 Å². The lowest BCUT2D eigenvalue weighted by molar-refractivity contribution is 0.628. The third-order valence-electron chi connectivity index (χ3n) is 3.04. The first-order valence-corrected chi connectivity index (χ1v) is 6.23. The lowest BCUT2D eigenvalue weighted by atomic mass is 10.1. The maximum absolute atomic E-state index is 13.2. The molecule has 1 atom stereocenters. The Morgan fingerprint density at radius 2 is 1.85 bits per heavy atom. The smallest absolute Gasteiger partial charge is 0.181 e. The van der Waals surface area contributed by atoms with Gasteiger partial charge in [-0.3, -0.25) is 5.10 Å². The van der Waals surface area contributed by atoms with Crippen LogP contribution >= 0.6 is 0 Å². The molecular formula is C15H13FN4. The quantitative estimate of drug-likeness (QED) is 0.767. The first-order valence-electron chi connectivity index (χ1n) is 6.23. The fourth-order valence-corrected chi connectivity index (χ4v) is 1.99. The van der Waals surface area contributed by atoms with Crippen molar-refractivity contribution in [1.82, 2.24) is 15.2 Å². The van der Waals surface area contributed by atoms with E-state index in [4.69, 9.17) is 5.73 Å². The highest BCUT2D eigenvalue weighted by molar-refractivity contribution is 5.54. The van der Waals surface area contributed by atoms with Crippen LogP contribution in [0.2, 0.25) is 0 Å². The number of aromatic nitrogens is 3. The third kappa shape index (κ3) is 2.44. The average Bonchev–Trinajstić information content (AvgIpc) is 2.97. The van der Waals surface area contributed by atoms with Crippen LogP contribution in [0.1, 0.15) is 17.4 Å². The number of nitrogens with zero attached hydrogens (tertiary/aromatic N) is 2. The molecule has 0 aliphatic carbocycles. The molecule has 0 amide bonds. The van der Waals surface area contributed by atoms with E-state index in [0.29, 0.717) is 17.2 Å². The van der Waals surface area contributed by atoms with Gasteiger partial charge in [0, 0.05) is 5.56 Å². The molecule has 0 aliphatic rings. The average molecular weight is 268 g/mol. The Balaban J connectivity index is 1.91. The van der Waals surface area contributed by atoms with E-state index >= 15 is 0 Å². The summed E-state index contributed by atoms with van der Waals surface area (Å²) in [5.74, 6) is 0.669. The van der Waals surface area contributed by atoms with Gasteiger partial charge in [0.25, 0.3) is 0 Å². The summed E-state index contributed by atoms with van der Waals surface area (Å²) in [7, 11) is 0. The van der Waals surface area contributed by atoms with Crippen molar-refractivity contribution in [2.75, 3.05) is 0 Å². The van der Waals surface area contributed by atoms with Crippen LogP contribution in [0.5, 0.6) is 0 Å². The van der Waals surface area contributed by atoms with Crippen molar-refractivity contribution in [3.8, 4) is 11.4 Å². The zero-order valence-electron chi connectivity index (χ0n) is 10.6. The van der Waals surface area contributed by atoms with Gasteiger partial charge in [-0.15, -0.1) is 0 Å². The monoisotopic (exact) mass is 268 g/mol. The molecule has 20 heavy (non-hydrogen) atoms. The highest BCUT2D eigenvalue weighted by Gasteiger charge is 2.14. The topological polar surface area (TPSA) is 67.6 Å². The van der Waals surface area contributed by atoms with Gasteiger partial charge in [0.2, 0.25) is 0 Å². The van der Waals surface area contributed by atoms with Gasteiger partial charge in [-0.2, -0.15) is 5.10 Å². The molecule has 0 spiro atoms. The summed E-state index contributed by atoms with van der Waals surface area (Å²) in [5.41, 5.74) is 7.69. The van der Waals surface area contributed by atoms with Crippen molar-refractivity contribution < 1.29 is 4.39 Å². The van der Waals surface area contributed by atoms with E-state index in [1.807, 2.05) is 30.3 Å². The van der Waals surface area contributed by atoms with E-state index in [9.17, 15) is 4.39 Å². The number of H-pyrrole nitrogens is 1. The minimum Gasteiger partial charge on any atom is -0.318 e. The van der Waals surface area contributed by atoms with E-state index in [1.165, 1.54) is 12.1 Å². The summed E-state index contributed by atoms with van der Waals surface area (Å²) in [4.78, 5) is 4.34. The van der Waals surface area contributed by atoms with E-state index < -0.39 is 0 Å². The van der Waals surface area contributed by atoms with Gasteiger partial charge in [-0.05, 0) is 17.7 Å². The van der Waals surface area contributed by atoms with Gasteiger partial charge >= 0.3 is 0 Å². The maximum atomic E-state index is 13.2. The van der Waals surface area contributed by atoms with Crippen molar-refractivity contribution in [2.24, 2.45) is 5.73 Å². The maximum Gasteiger partial charge on any atom is 0.181 e. The summed E-state index contributed by atoms with van der Waals surface area (Å²) in [5, 5.41) is 6.90. The highest BCUT2D eigenvalue weighted by atomic mass is 19.1. The number of aromatic amines is 1. The Morgan fingerprint density at radius 3 is 2.60 bits per heavy atom. The lowest BCUT2D eigenvalue weighted by Gasteiger charge is -2.07. The van der Waals surface area contributed by atoms with E-state index in [2.05, 4.69) is 15.2 Å². The van der Waals surface area contributed by atoms with Crippen LogP contribution in [0.3, 0.4) is 0 Å². The number of hydrogen-bond donors (Lipinski definition) is 2. The fourth-order valence-electron chi connectivity index (χ4n) is 1.99. The summed E-state index contributed by atoms with van der Waals surface area (Å²) in [6, 6.07) is 15.4. The molecular weight excluding hydrogens is 255 g/mol. The predicted octanol–water partition coefficient (Wildman–Crippen LogP) is 2.66. The van der Waals surface area contributed by atoms with Crippen LogP contribution in [0.4, 0.5) is 4.39 Å². The summed E-state index contributed by atoms with van der Waals surface area (Å²) >= 11 is 0. The molecule has 5 heteroatoms. The van der Waals surface area contributed by atoms with Gasteiger partial charge in [0.1, 0.15) is 11.6 Å². The Bertz CT molecular complexity index is 709. The van der Waals surface area contributed by atoms with Gasteiger partial charge < -0.3 is 5.73 Å². The number of benzene rings is 2. The van der Waals surface area contributed by atoms with Gasteiger partial charge in [-0.1, -0.05) is 42.5 Å². The van der Waals surface area contributed by atoms with Gasteiger partial charge in [0.15, 0.2) is 5.82 Å². The van der Waals surface area contributed by atoms with Crippen LogP contribution in [-0.4, -0.2) is 15.2 Å². The number of hydrogen-bond acceptors (Lipinski definition) is 3. The van der Waals surface area contributed by atoms with Crippen LogP contribution < -0.4 is 5.73 Å². The number of halogens is 1. The Hall–Kier alpha value is -2.53. The summed E-state index contributed by atoms with van der Waals surface area (Å²) < 4.78 is 13.2. The molecule has 0 saturated carbocycles. The third-order valence-corrected chi connectivity index (χ3v) is 3.04. The number of rotatable bonds is 3. The van der Waals surface area contributed by atoms with Crippen LogP contribution in [-0.2, 0) is 0 Å². The molecule has 0 bridgehead atoms. The van der Waals surface area contributed by atoms with Crippen molar-refractivity contribution in [3.63, 3.8) is 0 Å². The van der Waals surface area contributed by atoms with E-state index in [1.54, 1.807) is 12.1 Å². The van der Waals surface area contributed by atoms with Crippen LogP contribution in [0, 0.1) is 5.82 Å². The molecule has 0 unspecified atom stereocenters. The molecule has 1 aromatic heterocycles. The van der Waals surface area contributed by atoms with Crippen molar-refractivity contribution in [2.45, 2.75) is 6.04 Å². The Morgan fingerprint density at radius 1 is 1.05 bits per heavy atom. The van der Waals surface area contributed by atoms with E-state index in [-0.39, 0.29) is 11.9 Å². The minimum absolute atomic E-state index is 0.318. The fraction of sp³-hybridized carbons (Fsp3) is 0.0667. The highest BCUT2D eigenvalue weighted by Crippen LogP contribution is 2.20. The standard InChI is InChI=1S/C15H13FN4/c16-12-8-4-7-11(9-12)14-18-15(20-19-14)13(17)10-5-2-1-3-6-10/h1-9,13H,17H2,(H,18,19,20)/t13-/m0/s1. The zero-order chi connectivity index (χ0) is 13.9. The molecule has 3 rings (SSSR count). The van der Waals surface area contributed by atoms with Crippen molar-refractivity contribution in [1.29, 1.82) is 0 Å². The Labute approximate surface area is 115 Å². The van der Waals surface area contributed by atoms with Gasteiger partial charge in [-0.25, -0.2) is 9.37 Å². The molecule has 0 aliphatic heterocycles. The SMILES string of the molecule is N[C@@H](c1ccccc1)c1nc(-c2cccc(F)c2)n[nH]1. The molecule has 3 N–H and O–H groups in total. The molecule has 0 saturated heterocycles. The minimum atomic E-state index is -0.383. The summed E-state index contributed by atoms with van der Waals surface area (Å²) in [6.45, 7) is 0. The van der Waals surface area contributed by atoms with Crippen LogP contribution in [0.25, 0.3) is 11.4 Å². The molecule has 3 aromatic rings. The van der Waals surface area contributed by atoms with E-state index in [0.717, 1.165) is 5.56 Å². The normalized spacial score (nSPS) is 12.3. The molecule has 1 heterocycles. The molecule has 0 fully saturated rings. The lowest BCUT2D eigenvalue weighted by Crippen LogP contribution is -2.13. The first-order chi connectivity index (χ1) is 9.74. The summed E-state index contributed by atoms with van der Waals surface area (Å²) in [6.07, 6.45) is 0. The van der Waals surface area contributed by atoms with Crippen LogP contribution in [0.15, 0.2) is 54.6 Å². The molecule has 0 radical (unpaired) electrons. The second-order valence-corrected chi connectivity index (χ2v) is 4.44. The number of nitrogens with two attached hydrogens (primary N) is 1. The zero-order valence-corrected chi connectivity index (χ0v) is 10.6. The first kappa shape index (κ1) is 12.5. The molecule has 2 aromatic carbocycles. The number of nitrogens with one attached hydrogen (secondary N) is 1. The largest absolute Gasteiger partial charge is 0.318 e. The van der Waals surface area contributed by atoms with Crippen molar-refractivity contribution in [3.05, 3.63) is 71.8 Å². The second-order valence-electron chi connectivity index (χ2n) is 4.44. The van der Waals surface area contributed by atoms with Crippen molar-refractivity contribution >= 4 is 0 Å². The Kier molecular flexibility index (Phi) is 3.26. The molecule has 100 valence electrons.